The summed E-state index contributed by atoms with van der Waals surface area (Å²) in [6.45, 7) is 5.84. The first-order valence-corrected chi connectivity index (χ1v) is 3.84. The maximum Gasteiger partial charge on any atom is 0.0741 e. The Labute approximate surface area is 63.4 Å². The molecule has 3 N–H and O–H groups in total. The van der Waals surface area contributed by atoms with Gasteiger partial charge in [-0.05, 0) is 13.3 Å². The van der Waals surface area contributed by atoms with Crippen molar-refractivity contribution in [2.24, 2.45) is 5.73 Å². The minimum absolute atomic E-state index is 0.351. The number of hydrogen-bond acceptors (Lipinski definition) is 2. The van der Waals surface area contributed by atoms with Crippen LogP contribution in [0.1, 0.15) is 32.6 Å². The molecule has 0 aliphatic carbocycles. The molecule has 10 heavy (non-hydrogen) atoms. The van der Waals surface area contributed by atoms with Gasteiger partial charge in [0.25, 0.3) is 0 Å². The molecule has 2 heteroatoms. The summed E-state index contributed by atoms with van der Waals surface area (Å²) < 4.78 is 0. The summed E-state index contributed by atoms with van der Waals surface area (Å²) >= 11 is 0. The lowest BCUT2D eigenvalue weighted by atomic mass is 9.99. The van der Waals surface area contributed by atoms with Crippen molar-refractivity contribution in [2.75, 3.05) is 6.54 Å². The number of aliphatic hydroxyl groups is 1. The smallest absolute Gasteiger partial charge is 0.0741 e. The molecule has 0 aromatic carbocycles. The van der Waals surface area contributed by atoms with E-state index in [0.29, 0.717) is 6.54 Å². The van der Waals surface area contributed by atoms with Crippen molar-refractivity contribution in [3.05, 3.63) is 6.92 Å². The summed E-state index contributed by atoms with van der Waals surface area (Å²) in [5.74, 6) is 0. The van der Waals surface area contributed by atoms with Gasteiger partial charge in [-0.2, -0.15) is 0 Å². The Hall–Kier alpha value is -0.0800. The molecule has 0 rings (SSSR count). The van der Waals surface area contributed by atoms with Gasteiger partial charge in [0.05, 0.1) is 5.60 Å². The Bertz CT molecular complexity index is 81.3. The Balaban J connectivity index is 3.28. The molecule has 0 aromatic rings. The first-order chi connectivity index (χ1) is 4.62. The quantitative estimate of drug-likeness (QED) is 0.567. The lowest BCUT2D eigenvalue weighted by Gasteiger charge is -2.20. The molecule has 1 unspecified atom stereocenters. The topological polar surface area (TPSA) is 46.2 Å². The average Bonchev–Trinajstić information content (AvgIpc) is 1.89. The second-order valence-electron chi connectivity index (χ2n) is 3.01. The molecule has 0 fully saturated rings. The Morgan fingerprint density at radius 3 is 2.50 bits per heavy atom. The van der Waals surface area contributed by atoms with Crippen molar-refractivity contribution in [1.82, 2.24) is 0 Å². The predicted octanol–water partition coefficient (Wildman–Crippen LogP) is 1.09. The molecule has 1 radical (unpaired) electrons. The lowest BCUT2D eigenvalue weighted by molar-refractivity contribution is 0.0574. The van der Waals surface area contributed by atoms with Crippen LogP contribution < -0.4 is 5.73 Å². The van der Waals surface area contributed by atoms with E-state index in [-0.39, 0.29) is 0 Å². The fourth-order valence-corrected chi connectivity index (χ4v) is 0.785. The average molecular weight is 144 g/mol. The number of nitrogens with two attached hydrogens (primary N) is 1. The van der Waals surface area contributed by atoms with Crippen LogP contribution >= 0.6 is 0 Å². The molecule has 0 heterocycles. The molecule has 2 nitrogen and oxygen atoms in total. The molecule has 61 valence electrons. The van der Waals surface area contributed by atoms with Crippen molar-refractivity contribution in [3.8, 4) is 0 Å². The monoisotopic (exact) mass is 144 g/mol. The second kappa shape index (κ2) is 4.69. The van der Waals surface area contributed by atoms with Crippen molar-refractivity contribution in [1.29, 1.82) is 0 Å². The molecular formula is C8H18NO. The standard InChI is InChI=1S/C8H18NO/c1-3-4-5-6-8(2,10)7-9/h10H,1,3-7,9H2,2H3. The lowest BCUT2D eigenvalue weighted by Crippen LogP contribution is -2.33. The van der Waals surface area contributed by atoms with E-state index in [1.54, 1.807) is 6.92 Å². The summed E-state index contributed by atoms with van der Waals surface area (Å²) in [5.41, 5.74) is 4.67. The third kappa shape index (κ3) is 4.77. The van der Waals surface area contributed by atoms with E-state index >= 15 is 0 Å². The van der Waals surface area contributed by atoms with Gasteiger partial charge in [-0.15, -0.1) is 0 Å². The molecule has 0 saturated heterocycles. The molecule has 0 bridgehead atoms. The Morgan fingerprint density at radius 2 is 2.10 bits per heavy atom. The van der Waals surface area contributed by atoms with Crippen LogP contribution in [0.2, 0.25) is 0 Å². The van der Waals surface area contributed by atoms with Gasteiger partial charge in [0, 0.05) is 6.54 Å². The number of rotatable bonds is 5. The van der Waals surface area contributed by atoms with E-state index in [0.717, 1.165) is 25.7 Å². The highest BCUT2D eigenvalue weighted by molar-refractivity contribution is 4.72. The fraction of sp³-hybridized carbons (Fsp3) is 0.875. The molecule has 1 atom stereocenters. The van der Waals surface area contributed by atoms with Gasteiger partial charge in [-0.25, -0.2) is 0 Å². The summed E-state index contributed by atoms with van der Waals surface area (Å²) in [7, 11) is 0. The molecule has 0 saturated carbocycles. The van der Waals surface area contributed by atoms with Crippen LogP contribution in [0.25, 0.3) is 0 Å². The largest absolute Gasteiger partial charge is 0.389 e. The van der Waals surface area contributed by atoms with Gasteiger partial charge in [0.1, 0.15) is 0 Å². The molecule has 0 aliphatic heterocycles. The summed E-state index contributed by atoms with van der Waals surface area (Å²) in [5, 5.41) is 9.40. The van der Waals surface area contributed by atoms with Gasteiger partial charge in [-0.1, -0.05) is 26.2 Å². The van der Waals surface area contributed by atoms with E-state index in [1.165, 1.54) is 0 Å². The first kappa shape index (κ1) is 9.92. The SMILES string of the molecule is [CH2]CCCCC(C)(O)CN. The van der Waals surface area contributed by atoms with E-state index in [2.05, 4.69) is 6.92 Å². The van der Waals surface area contributed by atoms with Crippen LogP contribution in [0.3, 0.4) is 0 Å². The molecule has 0 aliphatic rings. The van der Waals surface area contributed by atoms with Crippen LogP contribution in [0.5, 0.6) is 0 Å². The van der Waals surface area contributed by atoms with Gasteiger partial charge in [0.15, 0.2) is 0 Å². The molecule has 0 aromatic heterocycles. The zero-order valence-electron chi connectivity index (χ0n) is 6.77. The summed E-state index contributed by atoms with van der Waals surface area (Å²) in [4.78, 5) is 0. The highest BCUT2D eigenvalue weighted by atomic mass is 16.3. The fourth-order valence-electron chi connectivity index (χ4n) is 0.785. The second-order valence-corrected chi connectivity index (χ2v) is 3.01. The maximum absolute atomic E-state index is 9.40. The zero-order valence-corrected chi connectivity index (χ0v) is 6.77. The van der Waals surface area contributed by atoms with Gasteiger partial charge in [0.2, 0.25) is 0 Å². The van der Waals surface area contributed by atoms with Crippen molar-refractivity contribution in [3.63, 3.8) is 0 Å². The number of unbranched alkanes of at least 4 members (excludes halogenated alkanes) is 2. The zero-order chi connectivity index (χ0) is 8.04. The van der Waals surface area contributed by atoms with Gasteiger partial charge >= 0.3 is 0 Å². The van der Waals surface area contributed by atoms with Crippen LogP contribution in [0, 0.1) is 6.92 Å². The summed E-state index contributed by atoms with van der Waals surface area (Å²) in [6, 6.07) is 0. The van der Waals surface area contributed by atoms with Crippen LogP contribution in [-0.2, 0) is 0 Å². The van der Waals surface area contributed by atoms with E-state index in [1.807, 2.05) is 0 Å². The minimum atomic E-state index is -0.658. The Morgan fingerprint density at radius 1 is 1.50 bits per heavy atom. The van der Waals surface area contributed by atoms with Crippen LogP contribution in [0.15, 0.2) is 0 Å². The molecule has 0 amide bonds. The summed E-state index contributed by atoms with van der Waals surface area (Å²) in [6.07, 6.45) is 3.84. The maximum atomic E-state index is 9.40. The van der Waals surface area contributed by atoms with Crippen molar-refractivity contribution >= 4 is 0 Å². The predicted molar refractivity (Wildman–Crippen MR) is 43.5 cm³/mol. The van der Waals surface area contributed by atoms with E-state index in [4.69, 9.17) is 5.73 Å². The third-order valence-corrected chi connectivity index (χ3v) is 1.66. The first-order valence-electron chi connectivity index (χ1n) is 3.84. The van der Waals surface area contributed by atoms with Crippen molar-refractivity contribution < 1.29 is 5.11 Å². The molecular weight excluding hydrogens is 126 g/mol. The third-order valence-electron chi connectivity index (χ3n) is 1.66. The normalized spacial score (nSPS) is 16.8. The van der Waals surface area contributed by atoms with E-state index < -0.39 is 5.60 Å². The van der Waals surface area contributed by atoms with Crippen molar-refractivity contribution in [2.45, 2.75) is 38.2 Å². The van der Waals surface area contributed by atoms with Gasteiger partial charge < -0.3 is 10.8 Å². The van der Waals surface area contributed by atoms with Crippen LogP contribution in [-0.4, -0.2) is 17.3 Å². The molecule has 0 spiro atoms. The highest BCUT2D eigenvalue weighted by Gasteiger charge is 2.16. The van der Waals surface area contributed by atoms with Gasteiger partial charge in [-0.3, -0.25) is 0 Å². The van der Waals surface area contributed by atoms with Crippen LogP contribution in [0.4, 0.5) is 0 Å². The minimum Gasteiger partial charge on any atom is -0.389 e. The van der Waals surface area contributed by atoms with E-state index in [9.17, 15) is 5.11 Å². The Kier molecular flexibility index (Phi) is 4.65. The number of hydrogen-bond donors (Lipinski definition) is 2. The highest BCUT2D eigenvalue weighted by Crippen LogP contribution is 2.12.